The maximum Gasteiger partial charge on any atom is 0.212 e. The van der Waals surface area contributed by atoms with E-state index in [4.69, 9.17) is 10.5 Å². The molecule has 1 atom stereocenters. The number of hydrogen-bond acceptors (Lipinski definition) is 4. The maximum absolute atomic E-state index is 5.70. The van der Waals surface area contributed by atoms with E-state index in [0.717, 1.165) is 5.56 Å². The fourth-order valence-electron chi connectivity index (χ4n) is 1.42. The lowest BCUT2D eigenvalue weighted by atomic mass is 10.1. The Balaban J connectivity index is 2.74. The molecule has 1 heterocycles. The summed E-state index contributed by atoms with van der Waals surface area (Å²) in [5.74, 6) is 0.624. The molecule has 0 aromatic carbocycles. The molecule has 15 heavy (non-hydrogen) atoms. The molecule has 0 amide bonds. The van der Waals surface area contributed by atoms with Crippen LogP contribution in [0.25, 0.3) is 0 Å². The van der Waals surface area contributed by atoms with Gasteiger partial charge in [-0.3, -0.25) is 0 Å². The predicted molar refractivity (Wildman–Crippen MR) is 60.9 cm³/mol. The average Bonchev–Trinajstić information content (AvgIpc) is 2.26. The Kier molecular flexibility index (Phi) is 4.52. The Morgan fingerprint density at radius 1 is 1.47 bits per heavy atom. The molecule has 1 aromatic rings. The molecule has 0 fully saturated rings. The molecule has 1 aromatic heterocycles. The summed E-state index contributed by atoms with van der Waals surface area (Å²) in [5.41, 5.74) is 6.79. The van der Waals surface area contributed by atoms with Gasteiger partial charge in [0.15, 0.2) is 0 Å². The van der Waals surface area contributed by atoms with E-state index in [-0.39, 0.29) is 6.04 Å². The van der Waals surface area contributed by atoms with Crippen LogP contribution in [0.3, 0.4) is 0 Å². The first-order valence-corrected chi connectivity index (χ1v) is 5.13. The quantitative estimate of drug-likeness (QED) is 0.762. The van der Waals surface area contributed by atoms with Crippen molar-refractivity contribution in [3.8, 4) is 5.88 Å². The molecule has 1 rings (SSSR count). The van der Waals surface area contributed by atoms with Crippen LogP contribution in [-0.4, -0.2) is 24.7 Å². The lowest BCUT2D eigenvalue weighted by Gasteiger charge is -2.19. The van der Waals surface area contributed by atoms with Crippen LogP contribution in [0, 0.1) is 0 Å². The number of hydrogen-bond donors (Lipinski definition) is 2. The Hall–Kier alpha value is -1.13. The summed E-state index contributed by atoms with van der Waals surface area (Å²) in [6.07, 6.45) is 1.80. The first-order valence-electron chi connectivity index (χ1n) is 5.13. The van der Waals surface area contributed by atoms with Gasteiger partial charge in [0.2, 0.25) is 5.88 Å². The van der Waals surface area contributed by atoms with E-state index in [1.807, 2.05) is 12.1 Å². The zero-order valence-corrected chi connectivity index (χ0v) is 9.53. The Bertz CT molecular complexity index is 284. The fraction of sp³-hybridized carbons (Fsp3) is 0.545. The number of nitrogens with two attached hydrogens (primary N) is 1. The predicted octanol–water partition coefficient (Wildman–Crippen LogP) is 1.09. The van der Waals surface area contributed by atoms with Gasteiger partial charge in [0.1, 0.15) is 0 Å². The van der Waals surface area contributed by atoms with Crippen LogP contribution >= 0.6 is 0 Å². The average molecular weight is 209 g/mol. The third-order valence-electron chi connectivity index (χ3n) is 2.14. The topological polar surface area (TPSA) is 60.2 Å². The second-order valence-electron chi connectivity index (χ2n) is 3.74. The smallest absolute Gasteiger partial charge is 0.212 e. The zero-order chi connectivity index (χ0) is 11.3. The standard InChI is InChI=1S/C11H19N3O/c1-8(2)14-10(6-12)9-4-5-11(15-3)13-7-9/h4-5,7-8,10,14H,6,12H2,1-3H3. The molecular weight excluding hydrogens is 190 g/mol. The van der Waals surface area contributed by atoms with E-state index in [1.54, 1.807) is 13.3 Å². The van der Waals surface area contributed by atoms with Crippen LogP contribution in [0.5, 0.6) is 5.88 Å². The number of rotatable bonds is 5. The van der Waals surface area contributed by atoms with Gasteiger partial charge in [-0.25, -0.2) is 4.98 Å². The molecule has 0 aliphatic carbocycles. The fourth-order valence-corrected chi connectivity index (χ4v) is 1.42. The number of aromatic nitrogens is 1. The summed E-state index contributed by atoms with van der Waals surface area (Å²) in [6, 6.07) is 4.39. The normalized spacial score (nSPS) is 12.9. The van der Waals surface area contributed by atoms with Crippen molar-refractivity contribution < 1.29 is 4.74 Å². The van der Waals surface area contributed by atoms with Crippen LogP contribution in [0.2, 0.25) is 0 Å². The molecule has 0 saturated carbocycles. The van der Waals surface area contributed by atoms with Gasteiger partial charge < -0.3 is 15.8 Å². The number of ether oxygens (including phenoxy) is 1. The minimum absolute atomic E-state index is 0.156. The van der Waals surface area contributed by atoms with E-state index >= 15 is 0 Å². The van der Waals surface area contributed by atoms with E-state index in [9.17, 15) is 0 Å². The monoisotopic (exact) mass is 209 g/mol. The molecule has 3 N–H and O–H groups in total. The van der Waals surface area contributed by atoms with Crippen LogP contribution in [0.1, 0.15) is 25.5 Å². The molecule has 84 valence electrons. The Morgan fingerprint density at radius 2 is 2.20 bits per heavy atom. The highest BCUT2D eigenvalue weighted by Crippen LogP contribution is 2.14. The molecule has 0 bridgehead atoms. The summed E-state index contributed by atoms with van der Waals surface area (Å²) >= 11 is 0. The number of methoxy groups -OCH3 is 1. The molecule has 0 spiro atoms. The number of nitrogens with zero attached hydrogens (tertiary/aromatic N) is 1. The lowest BCUT2D eigenvalue weighted by molar-refractivity contribution is 0.396. The molecule has 4 nitrogen and oxygen atoms in total. The van der Waals surface area contributed by atoms with Crippen molar-refractivity contribution >= 4 is 0 Å². The zero-order valence-electron chi connectivity index (χ0n) is 9.53. The first-order chi connectivity index (χ1) is 7.17. The van der Waals surface area contributed by atoms with E-state index in [0.29, 0.717) is 18.5 Å². The third kappa shape index (κ3) is 3.49. The molecular formula is C11H19N3O. The molecule has 0 aliphatic heterocycles. The lowest BCUT2D eigenvalue weighted by Crippen LogP contribution is -2.33. The van der Waals surface area contributed by atoms with Crippen LogP contribution in [0.4, 0.5) is 0 Å². The van der Waals surface area contributed by atoms with E-state index in [2.05, 4.69) is 24.1 Å². The van der Waals surface area contributed by atoms with Crippen molar-refractivity contribution in [2.24, 2.45) is 5.73 Å². The van der Waals surface area contributed by atoms with E-state index in [1.165, 1.54) is 0 Å². The molecule has 1 unspecified atom stereocenters. The molecule has 0 saturated heterocycles. The van der Waals surface area contributed by atoms with Crippen LogP contribution in [-0.2, 0) is 0 Å². The summed E-state index contributed by atoms with van der Waals surface area (Å²) in [4.78, 5) is 4.16. The summed E-state index contributed by atoms with van der Waals surface area (Å²) in [5, 5.41) is 3.38. The number of nitrogens with one attached hydrogen (secondary N) is 1. The second kappa shape index (κ2) is 5.68. The molecule has 0 radical (unpaired) electrons. The largest absolute Gasteiger partial charge is 0.481 e. The van der Waals surface area contributed by atoms with Crippen LogP contribution < -0.4 is 15.8 Å². The summed E-state index contributed by atoms with van der Waals surface area (Å²) in [7, 11) is 1.61. The van der Waals surface area contributed by atoms with E-state index < -0.39 is 0 Å². The van der Waals surface area contributed by atoms with Gasteiger partial charge in [-0.15, -0.1) is 0 Å². The highest BCUT2D eigenvalue weighted by molar-refractivity contribution is 5.21. The van der Waals surface area contributed by atoms with Crippen molar-refractivity contribution in [3.05, 3.63) is 23.9 Å². The minimum atomic E-state index is 0.156. The van der Waals surface area contributed by atoms with Gasteiger partial charge in [-0.2, -0.15) is 0 Å². The molecule has 0 aliphatic rings. The third-order valence-corrected chi connectivity index (χ3v) is 2.14. The summed E-state index contributed by atoms with van der Waals surface area (Å²) in [6.45, 7) is 4.76. The highest BCUT2D eigenvalue weighted by atomic mass is 16.5. The molecule has 4 heteroatoms. The SMILES string of the molecule is COc1ccc(C(CN)NC(C)C)cn1. The Labute approximate surface area is 90.8 Å². The Morgan fingerprint density at radius 3 is 2.60 bits per heavy atom. The van der Waals surface area contributed by atoms with Gasteiger partial charge in [-0.1, -0.05) is 19.9 Å². The minimum Gasteiger partial charge on any atom is -0.481 e. The van der Waals surface area contributed by atoms with Crippen molar-refractivity contribution in [2.75, 3.05) is 13.7 Å². The van der Waals surface area contributed by atoms with Gasteiger partial charge in [-0.05, 0) is 5.56 Å². The van der Waals surface area contributed by atoms with Gasteiger partial charge in [0, 0.05) is 30.9 Å². The first kappa shape index (κ1) is 11.9. The highest BCUT2D eigenvalue weighted by Gasteiger charge is 2.10. The number of pyridine rings is 1. The van der Waals surface area contributed by atoms with Crippen molar-refractivity contribution in [1.82, 2.24) is 10.3 Å². The van der Waals surface area contributed by atoms with Gasteiger partial charge in [0.25, 0.3) is 0 Å². The second-order valence-corrected chi connectivity index (χ2v) is 3.74. The van der Waals surface area contributed by atoms with Crippen molar-refractivity contribution in [1.29, 1.82) is 0 Å². The van der Waals surface area contributed by atoms with Crippen LogP contribution in [0.15, 0.2) is 18.3 Å². The maximum atomic E-state index is 5.70. The summed E-state index contributed by atoms with van der Waals surface area (Å²) < 4.78 is 5.00. The van der Waals surface area contributed by atoms with Gasteiger partial charge >= 0.3 is 0 Å². The van der Waals surface area contributed by atoms with Crippen molar-refractivity contribution in [3.63, 3.8) is 0 Å². The van der Waals surface area contributed by atoms with Gasteiger partial charge in [0.05, 0.1) is 7.11 Å². The van der Waals surface area contributed by atoms with Crippen molar-refractivity contribution in [2.45, 2.75) is 25.9 Å².